The second-order valence-electron chi connectivity index (χ2n) is 13.0. The minimum atomic E-state index is -0.155. The van der Waals surface area contributed by atoms with E-state index in [1.807, 2.05) is 18.0 Å². The summed E-state index contributed by atoms with van der Waals surface area (Å²) in [5.74, 6) is 2.01. The largest absolute Gasteiger partial charge is 0.508 e. The van der Waals surface area contributed by atoms with E-state index in [-0.39, 0.29) is 28.3 Å². The molecule has 5 aliphatic rings. The molecule has 4 bridgehead atoms. The molecule has 4 aliphatic carbocycles. The number of benzene rings is 1. The minimum absolute atomic E-state index is 0.0201. The van der Waals surface area contributed by atoms with Gasteiger partial charge < -0.3 is 14.6 Å². The van der Waals surface area contributed by atoms with Gasteiger partial charge in [0.15, 0.2) is 0 Å². The van der Waals surface area contributed by atoms with Crippen molar-refractivity contribution in [3.63, 3.8) is 0 Å². The van der Waals surface area contributed by atoms with Crippen LogP contribution in [0.15, 0.2) is 41.3 Å². The molecule has 6 atom stereocenters. The number of carbonyl (C=O) groups is 1. The maximum absolute atomic E-state index is 13.7. The van der Waals surface area contributed by atoms with Gasteiger partial charge in [-0.05, 0) is 104 Å². The van der Waals surface area contributed by atoms with Crippen molar-refractivity contribution in [1.82, 2.24) is 14.4 Å². The molecule has 1 saturated heterocycles. The van der Waals surface area contributed by atoms with Gasteiger partial charge >= 0.3 is 0 Å². The van der Waals surface area contributed by atoms with Gasteiger partial charge in [0.1, 0.15) is 5.75 Å². The number of aromatic nitrogens is 1. The molecule has 1 amide bonds. The van der Waals surface area contributed by atoms with Gasteiger partial charge in [-0.1, -0.05) is 13.0 Å². The molecule has 37 heavy (non-hydrogen) atoms. The van der Waals surface area contributed by atoms with Gasteiger partial charge in [-0.2, -0.15) is 0 Å². The Kier molecular flexibility index (Phi) is 5.05. The first kappa shape index (κ1) is 23.5. The smallest absolute Gasteiger partial charge is 0.254 e. The van der Waals surface area contributed by atoms with E-state index in [9.17, 15) is 14.7 Å². The Morgan fingerprint density at radius 2 is 1.97 bits per heavy atom. The van der Waals surface area contributed by atoms with Gasteiger partial charge in [-0.3, -0.25) is 14.5 Å². The summed E-state index contributed by atoms with van der Waals surface area (Å²) in [6.07, 6.45) is 9.95. The summed E-state index contributed by atoms with van der Waals surface area (Å²) in [7, 11) is 3.66. The maximum Gasteiger partial charge on any atom is 0.254 e. The topological polar surface area (TPSA) is 65.8 Å². The average molecular weight is 502 g/mol. The average Bonchev–Trinajstić information content (AvgIpc) is 3.67. The third-order valence-electron chi connectivity index (χ3n) is 11.3. The van der Waals surface area contributed by atoms with Crippen molar-refractivity contribution in [3.8, 4) is 5.75 Å². The molecular formula is C31H39N3O3. The predicted octanol–water partition coefficient (Wildman–Crippen LogP) is 3.95. The lowest BCUT2D eigenvalue weighted by Crippen LogP contribution is -2.70. The molecule has 4 unspecified atom stereocenters. The van der Waals surface area contributed by atoms with E-state index in [0.717, 1.165) is 38.1 Å². The fraction of sp³-hybridized carbons (Fsp3) is 0.613. The van der Waals surface area contributed by atoms with Crippen LogP contribution in [0.2, 0.25) is 0 Å². The summed E-state index contributed by atoms with van der Waals surface area (Å²) >= 11 is 0. The number of amides is 1. The van der Waals surface area contributed by atoms with E-state index >= 15 is 0 Å². The highest BCUT2D eigenvalue weighted by molar-refractivity contribution is 5.94. The number of phenolic OH excluding ortho intramolecular Hbond substituents is 1. The number of carbonyl (C=O) groups excluding carboxylic acids is 1. The van der Waals surface area contributed by atoms with E-state index in [4.69, 9.17) is 0 Å². The number of aromatic hydroxyl groups is 1. The Bertz CT molecular complexity index is 1330. The summed E-state index contributed by atoms with van der Waals surface area (Å²) < 4.78 is 1.50. The predicted molar refractivity (Wildman–Crippen MR) is 143 cm³/mol. The monoisotopic (exact) mass is 501 g/mol. The zero-order valence-electron chi connectivity index (χ0n) is 22.3. The summed E-state index contributed by atoms with van der Waals surface area (Å²) in [6.45, 7) is 4.76. The number of phenols is 1. The Labute approximate surface area is 219 Å². The summed E-state index contributed by atoms with van der Waals surface area (Å²) in [5, 5.41) is 10.7. The lowest BCUT2D eigenvalue weighted by atomic mass is 9.43. The molecule has 6 heteroatoms. The third kappa shape index (κ3) is 3.14. The summed E-state index contributed by atoms with van der Waals surface area (Å²) in [4.78, 5) is 30.8. The van der Waals surface area contributed by atoms with Crippen LogP contribution in [0, 0.1) is 23.2 Å². The Balaban J connectivity index is 1.33. The zero-order chi connectivity index (χ0) is 25.7. The van der Waals surface area contributed by atoms with Crippen molar-refractivity contribution >= 4 is 5.91 Å². The normalized spacial score (nSPS) is 36.1. The fourth-order valence-electron chi connectivity index (χ4n) is 9.75. The Morgan fingerprint density at radius 1 is 1.16 bits per heavy atom. The molecule has 196 valence electrons. The molecule has 0 radical (unpaired) electrons. The SMILES string of the molecule is C[C@H]1C[C@@]23CCC(N(C)C(=O)c4ccn(C)c(=O)c4)C1C21CCN(CC2CC2)C3Cc2ccc(O)cc21. The van der Waals surface area contributed by atoms with Gasteiger partial charge in [0.25, 0.3) is 11.5 Å². The second-order valence-corrected chi connectivity index (χ2v) is 13.0. The number of pyridine rings is 1. The van der Waals surface area contributed by atoms with Crippen molar-refractivity contribution in [2.45, 2.75) is 69.4 Å². The zero-order valence-corrected chi connectivity index (χ0v) is 22.3. The van der Waals surface area contributed by atoms with Crippen LogP contribution in [0.3, 0.4) is 0 Å². The summed E-state index contributed by atoms with van der Waals surface area (Å²) in [6, 6.07) is 10.0. The molecule has 1 aliphatic heterocycles. The molecule has 6 nitrogen and oxygen atoms in total. The first-order valence-corrected chi connectivity index (χ1v) is 14.3. The molecule has 1 aromatic heterocycles. The van der Waals surface area contributed by atoms with Crippen molar-refractivity contribution in [2.24, 2.45) is 30.2 Å². The number of hydrogen-bond acceptors (Lipinski definition) is 4. The lowest BCUT2D eigenvalue weighted by Gasteiger charge is -2.67. The highest BCUT2D eigenvalue weighted by atomic mass is 16.3. The number of nitrogens with zero attached hydrogens (tertiary/aromatic N) is 3. The van der Waals surface area contributed by atoms with Crippen LogP contribution in [-0.2, 0) is 18.9 Å². The van der Waals surface area contributed by atoms with E-state index in [0.29, 0.717) is 29.2 Å². The fourth-order valence-corrected chi connectivity index (χ4v) is 9.75. The second kappa shape index (κ2) is 7.95. The highest BCUT2D eigenvalue weighted by Crippen LogP contribution is 2.74. The molecular weight excluding hydrogens is 462 g/mol. The minimum Gasteiger partial charge on any atom is -0.508 e. The molecule has 4 fully saturated rings. The third-order valence-corrected chi connectivity index (χ3v) is 11.3. The summed E-state index contributed by atoms with van der Waals surface area (Å²) in [5.41, 5.74) is 3.27. The lowest BCUT2D eigenvalue weighted by molar-refractivity contribution is -0.105. The molecule has 2 heterocycles. The standard InChI is InChI=1S/C31H39N3O3/c1-19-17-30-10-8-25(33(3)29(37)22-9-12-32(2)27(36)15-22)28(19)31(30)11-13-34(18-20-4-5-20)26(30)14-21-6-7-23(35)16-24(21)31/h6-7,9,12,15-16,19-20,25-26,28,35H,4-5,8,10-11,13-14,17-18H2,1-3H3/t19-,25?,26?,28?,30+,31?/m0/s1. The Morgan fingerprint density at radius 3 is 2.73 bits per heavy atom. The van der Waals surface area contributed by atoms with Crippen molar-refractivity contribution < 1.29 is 9.90 Å². The van der Waals surface area contributed by atoms with Crippen LogP contribution in [0.25, 0.3) is 0 Å². The molecule has 3 saturated carbocycles. The van der Waals surface area contributed by atoms with Crippen LogP contribution in [-0.4, -0.2) is 57.6 Å². The molecule has 7 rings (SSSR count). The number of fused-ring (bicyclic) bond motifs is 1. The number of hydrogen-bond donors (Lipinski definition) is 1. The number of aryl methyl sites for hydroxylation is 1. The first-order valence-electron chi connectivity index (χ1n) is 14.3. The quantitative estimate of drug-likeness (QED) is 0.689. The van der Waals surface area contributed by atoms with Crippen LogP contribution >= 0.6 is 0 Å². The molecule has 2 aromatic rings. The number of piperidine rings is 1. The van der Waals surface area contributed by atoms with Gasteiger partial charge in [0, 0.05) is 56.0 Å². The van der Waals surface area contributed by atoms with Crippen molar-refractivity contribution in [1.29, 1.82) is 0 Å². The van der Waals surface area contributed by atoms with E-state index in [1.54, 1.807) is 19.3 Å². The van der Waals surface area contributed by atoms with Crippen LogP contribution in [0.1, 0.15) is 66.9 Å². The highest BCUT2D eigenvalue weighted by Gasteiger charge is 2.73. The van der Waals surface area contributed by atoms with Gasteiger partial charge in [0.05, 0.1) is 0 Å². The molecule has 1 aromatic carbocycles. The van der Waals surface area contributed by atoms with Crippen LogP contribution < -0.4 is 5.56 Å². The van der Waals surface area contributed by atoms with Crippen molar-refractivity contribution in [2.75, 3.05) is 20.1 Å². The van der Waals surface area contributed by atoms with E-state index in [1.165, 1.54) is 47.6 Å². The van der Waals surface area contributed by atoms with Gasteiger partial charge in [0.2, 0.25) is 0 Å². The van der Waals surface area contributed by atoms with E-state index in [2.05, 4.69) is 24.0 Å². The van der Waals surface area contributed by atoms with Crippen molar-refractivity contribution in [3.05, 3.63) is 63.6 Å². The van der Waals surface area contributed by atoms with Gasteiger partial charge in [-0.15, -0.1) is 0 Å². The van der Waals surface area contributed by atoms with Crippen LogP contribution in [0.4, 0.5) is 0 Å². The molecule has 0 spiro atoms. The number of rotatable bonds is 4. The Hall–Kier alpha value is -2.60. The van der Waals surface area contributed by atoms with Gasteiger partial charge in [-0.25, -0.2) is 0 Å². The maximum atomic E-state index is 13.7. The molecule has 1 N–H and O–H groups in total. The van der Waals surface area contributed by atoms with E-state index < -0.39 is 0 Å². The number of likely N-dealkylation sites (tertiary alicyclic amines) is 1. The first-order chi connectivity index (χ1) is 17.7. The van der Waals surface area contributed by atoms with Crippen LogP contribution in [0.5, 0.6) is 5.75 Å².